The van der Waals surface area contributed by atoms with Crippen LogP contribution in [-0.4, -0.2) is 17.5 Å². The molecule has 0 saturated heterocycles. The number of rotatable bonds is 4. The summed E-state index contributed by atoms with van der Waals surface area (Å²) in [5.74, 6) is 7.23. The fraction of sp³-hybridized carbons (Fsp3) is 0.467. The molecular formula is C15H18O3. The van der Waals surface area contributed by atoms with E-state index >= 15 is 0 Å². The van der Waals surface area contributed by atoms with Crippen molar-refractivity contribution in [2.75, 3.05) is 6.79 Å². The van der Waals surface area contributed by atoms with Crippen LogP contribution in [0.5, 0.6) is 11.5 Å². The molecule has 1 N–H and O–H groups in total. The van der Waals surface area contributed by atoms with E-state index in [-0.39, 0.29) is 6.79 Å². The number of benzene rings is 1. The number of ether oxygens (including phenoxy) is 2. The van der Waals surface area contributed by atoms with Crippen molar-refractivity contribution in [2.24, 2.45) is 0 Å². The zero-order valence-corrected chi connectivity index (χ0v) is 10.8. The largest absolute Gasteiger partial charge is 0.454 e. The van der Waals surface area contributed by atoms with Gasteiger partial charge in [0.2, 0.25) is 6.79 Å². The average molecular weight is 246 g/mol. The summed E-state index contributed by atoms with van der Waals surface area (Å²) >= 11 is 0. The molecule has 0 spiro atoms. The molecule has 0 aliphatic carbocycles. The molecule has 1 heterocycles. The summed E-state index contributed by atoms with van der Waals surface area (Å²) < 4.78 is 10.6. The molecule has 0 bridgehead atoms. The Hall–Kier alpha value is -1.66. The lowest BCUT2D eigenvalue weighted by Crippen LogP contribution is -2.29. The highest BCUT2D eigenvalue weighted by Gasteiger charge is 2.24. The zero-order valence-electron chi connectivity index (χ0n) is 10.8. The Labute approximate surface area is 108 Å². The van der Waals surface area contributed by atoms with Crippen molar-refractivity contribution in [1.29, 1.82) is 0 Å². The first kappa shape index (κ1) is 12.8. The molecule has 1 aromatic rings. The van der Waals surface area contributed by atoms with Crippen LogP contribution in [0.15, 0.2) is 18.2 Å². The molecule has 1 aliphatic heterocycles. The van der Waals surface area contributed by atoms with Gasteiger partial charge in [-0.2, -0.15) is 0 Å². The first-order chi connectivity index (χ1) is 8.67. The molecule has 0 radical (unpaired) electrons. The second-order valence-corrected chi connectivity index (χ2v) is 4.52. The van der Waals surface area contributed by atoms with Crippen LogP contribution in [0.25, 0.3) is 0 Å². The van der Waals surface area contributed by atoms with Crippen LogP contribution >= 0.6 is 0 Å². The average Bonchev–Trinajstić information content (AvgIpc) is 2.76. The van der Waals surface area contributed by atoms with E-state index in [0.717, 1.165) is 23.5 Å². The third kappa shape index (κ3) is 2.77. The van der Waals surface area contributed by atoms with Crippen molar-refractivity contribution >= 4 is 0 Å². The maximum Gasteiger partial charge on any atom is 0.231 e. The van der Waals surface area contributed by atoms with Gasteiger partial charge in [-0.3, -0.25) is 0 Å². The van der Waals surface area contributed by atoms with Crippen LogP contribution < -0.4 is 9.47 Å². The molecule has 1 aliphatic rings. The van der Waals surface area contributed by atoms with Crippen molar-refractivity contribution in [2.45, 2.75) is 38.7 Å². The molecule has 0 aromatic heterocycles. The van der Waals surface area contributed by atoms with Gasteiger partial charge in [0, 0.05) is 6.42 Å². The number of aliphatic hydroxyl groups is 1. The lowest BCUT2D eigenvalue weighted by Gasteiger charge is -2.21. The normalized spacial score (nSPS) is 15.7. The molecule has 1 atom stereocenters. The molecule has 1 aromatic carbocycles. The predicted octanol–water partition coefficient (Wildman–Crippen LogP) is 2.51. The topological polar surface area (TPSA) is 38.7 Å². The van der Waals surface area contributed by atoms with E-state index in [1.54, 1.807) is 6.92 Å². The first-order valence-electron chi connectivity index (χ1n) is 6.22. The fourth-order valence-electron chi connectivity index (χ4n) is 2.23. The fourth-order valence-corrected chi connectivity index (χ4v) is 2.23. The SMILES string of the molecule is CC#CC(O)(CCC)Cc1ccc2c(c1)OCO2. The minimum absolute atomic E-state index is 0.271. The third-order valence-electron chi connectivity index (χ3n) is 2.95. The van der Waals surface area contributed by atoms with E-state index in [1.807, 2.05) is 25.1 Å². The third-order valence-corrected chi connectivity index (χ3v) is 2.95. The van der Waals surface area contributed by atoms with Crippen LogP contribution in [0.4, 0.5) is 0 Å². The Bertz CT molecular complexity index is 484. The van der Waals surface area contributed by atoms with E-state index in [9.17, 15) is 5.11 Å². The highest BCUT2D eigenvalue weighted by atomic mass is 16.7. The molecule has 1 unspecified atom stereocenters. The van der Waals surface area contributed by atoms with Crippen molar-refractivity contribution in [3.63, 3.8) is 0 Å². The molecule has 96 valence electrons. The number of hydrogen-bond donors (Lipinski definition) is 1. The minimum atomic E-state index is -0.947. The number of fused-ring (bicyclic) bond motifs is 1. The summed E-state index contributed by atoms with van der Waals surface area (Å²) in [6, 6.07) is 5.75. The molecule has 3 heteroatoms. The van der Waals surface area contributed by atoms with Crippen molar-refractivity contribution < 1.29 is 14.6 Å². The minimum Gasteiger partial charge on any atom is -0.454 e. The molecule has 0 amide bonds. The second kappa shape index (κ2) is 5.32. The Balaban J connectivity index is 2.18. The van der Waals surface area contributed by atoms with Crippen LogP contribution in [-0.2, 0) is 6.42 Å². The monoisotopic (exact) mass is 246 g/mol. The standard InChI is InChI=1S/C15H18O3/c1-3-7-15(16,8-4-2)10-12-5-6-13-14(9-12)18-11-17-13/h5-6,9,16H,3,7,10-11H2,1-2H3. The molecule has 0 fully saturated rings. The second-order valence-electron chi connectivity index (χ2n) is 4.52. The Morgan fingerprint density at radius 3 is 2.83 bits per heavy atom. The summed E-state index contributed by atoms with van der Waals surface area (Å²) in [6.45, 7) is 4.06. The Morgan fingerprint density at radius 1 is 1.33 bits per heavy atom. The summed E-state index contributed by atoms with van der Waals surface area (Å²) in [5.41, 5.74) is 0.0648. The Kier molecular flexibility index (Phi) is 3.78. The van der Waals surface area contributed by atoms with E-state index < -0.39 is 5.60 Å². The highest BCUT2D eigenvalue weighted by molar-refractivity contribution is 5.45. The van der Waals surface area contributed by atoms with Crippen LogP contribution in [0.3, 0.4) is 0 Å². The number of hydrogen-bond acceptors (Lipinski definition) is 3. The first-order valence-corrected chi connectivity index (χ1v) is 6.22. The van der Waals surface area contributed by atoms with E-state index in [4.69, 9.17) is 9.47 Å². The van der Waals surface area contributed by atoms with Gasteiger partial charge in [0.05, 0.1) is 0 Å². The summed E-state index contributed by atoms with van der Waals surface area (Å²) in [7, 11) is 0. The smallest absolute Gasteiger partial charge is 0.231 e. The van der Waals surface area contributed by atoms with Gasteiger partial charge in [0.25, 0.3) is 0 Å². The van der Waals surface area contributed by atoms with Crippen LogP contribution in [0, 0.1) is 11.8 Å². The quantitative estimate of drug-likeness (QED) is 0.830. The predicted molar refractivity (Wildman–Crippen MR) is 69.6 cm³/mol. The van der Waals surface area contributed by atoms with Crippen LogP contribution in [0.2, 0.25) is 0 Å². The molecule has 3 nitrogen and oxygen atoms in total. The molecular weight excluding hydrogens is 228 g/mol. The van der Waals surface area contributed by atoms with Crippen molar-refractivity contribution in [1.82, 2.24) is 0 Å². The van der Waals surface area contributed by atoms with Crippen molar-refractivity contribution in [3.8, 4) is 23.3 Å². The van der Waals surface area contributed by atoms with Crippen molar-refractivity contribution in [3.05, 3.63) is 23.8 Å². The summed E-state index contributed by atoms with van der Waals surface area (Å²) in [4.78, 5) is 0. The lowest BCUT2D eigenvalue weighted by molar-refractivity contribution is 0.0912. The van der Waals surface area contributed by atoms with Gasteiger partial charge in [-0.1, -0.05) is 25.3 Å². The van der Waals surface area contributed by atoms with E-state index in [1.165, 1.54) is 0 Å². The maximum absolute atomic E-state index is 10.5. The van der Waals surface area contributed by atoms with Gasteiger partial charge in [0.15, 0.2) is 11.5 Å². The molecule has 0 saturated carbocycles. The van der Waals surface area contributed by atoms with E-state index in [2.05, 4.69) is 11.8 Å². The molecule has 2 rings (SSSR count). The summed E-state index contributed by atoms with van der Waals surface area (Å²) in [6.07, 6.45) is 2.08. The van der Waals surface area contributed by atoms with Gasteiger partial charge in [-0.15, -0.1) is 5.92 Å². The Morgan fingerprint density at radius 2 is 2.11 bits per heavy atom. The maximum atomic E-state index is 10.5. The highest BCUT2D eigenvalue weighted by Crippen LogP contribution is 2.33. The molecule has 18 heavy (non-hydrogen) atoms. The summed E-state index contributed by atoms with van der Waals surface area (Å²) in [5, 5.41) is 10.5. The zero-order chi connectivity index (χ0) is 13.0. The van der Waals surface area contributed by atoms with Gasteiger partial charge in [-0.05, 0) is 31.0 Å². The van der Waals surface area contributed by atoms with E-state index in [0.29, 0.717) is 12.8 Å². The van der Waals surface area contributed by atoms with Gasteiger partial charge < -0.3 is 14.6 Å². The van der Waals surface area contributed by atoms with Crippen LogP contribution in [0.1, 0.15) is 32.3 Å². The van der Waals surface area contributed by atoms with Gasteiger partial charge in [-0.25, -0.2) is 0 Å². The van der Waals surface area contributed by atoms with Gasteiger partial charge >= 0.3 is 0 Å². The van der Waals surface area contributed by atoms with Gasteiger partial charge in [0.1, 0.15) is 5.60 Å². The lowest BCUT2D eigenvalue weighted by atomic mass is 9.90.